The minimum absolute atomic E-state index is 0.0801. The van der Waals surface area contributed by atoms with Crippen molar-refractivity contribution in [3.63, 3.8) is 0 Å². The Morgan fingerprint density at radius 1 is 1.06 bits per heavy atom. The van der Waals surface area contributed by atoms with E-state index < -0.39 is 15.4 Å². The van der Waals surface area contributed by atoms with Crippen molar-refractivity contribution in [2.24, 2.45) is 0 Å². The molecule has 3 rings (SSSR count). The van der Waals surface area contributed by atoms with Crippen molar-refractivity contribution in [3.8, 4) is 5.75 Å². The summed E-state index contributed by atoms with van der Waals surface area (Å²) in [6, 6.07) is 11.1. The Morgan fingerprint density at radius 3 is 2.45 bits per heavy atom. The van der Waals surface area contributed by atoms with E-state index in [1.54, 1.807) is 12.1 Å². The number of carbonyl (C=O) groups excluding carboxylic acids is 2. The van der Waals surface area contributed by atoms with Gasteiger partial charge in [0.25, 0.3) is 16.2 Å². The van der Waals surface area contributed by atoms with Crippen LogP contribution in [-0.2, 0) is 4.74 Å². The molecule has 10 heteroatoms. The van der Waals surface area contributed by atoms with E-state index >= 15 is 0 Å². The van der Waals surface area contributed by atoms with Crippen molar-refractivity contribution < 1.29 is 24.0 Å². The number of benzene rings is 2. The van der Waals surface area contributed by atoms with Crippen LogP contribution in [-0.4, -0.2) is 47.8 Å². The highest BCUT2D eigenvalue weighted by Crippen LogP contribution is 2.27. The molecule has 1 aliphatic heterocycles. The third-order valence-corrected chi connectivity index (χ3v) is 5.86. The molecule has 0 aromatic heterocycles. The van der Waals surface area contributed by atoms with Crippen LogP contribution in [0.25, 0.3) is 0 Å². The van der Waals surface area contributed by atoms with Crippen LogP contribution in [0.5, 0.6) is 5.75 Å². The fraction of sp³-hybridized carbons (Fsp3) is 0.391. The van der Waals surface area contributed by atoms with Crippen LogP contribution >= 0.6 is 23.2 Å². The first-order valence-corrected chi connectivity index (χ1v) is 11.4. The summed E-state index contributed by atoms with van der Waals surface area (Å²) in [5.74, 6) is 0.229. The topological polar surface area (TPSA) is 99.0 Å². The first-order valence-electron chi connectivity index (χ1n) is 10.6. The lowest BCUT2D eigenvalue weighted by Gasteiger charge is -2.26. The Hall–Kier alpha value is -2.68. The molecule has 2 aromatic carbocycles. The number of nitro groups is 1. The molecule has 0 amide bonds. The first kappa shape index (κ1) is 25.0. The van der Waals surface area contributed by atoms with E-state index in [9.17, 15) is 19.7 Å². The van der Waals surface area contributed by atoms with Crippen LogP contribution in [0, 0.1) is 10.1 Å². The van der Waals surface area contributed by atoms with Crippen molar-refractivity contribution in [1.82, 2.24) is 0 Å². The molecular formula is C23H24Cl2N2O6. The van der Waals surface area contributed by atoms with E-state index in [1.165, 1.54) is 30.3 Å². The molecule has 8 nitrogen and oxygen atoms in total. The van der Waals surface area contributed by atoms with Gasteiger partial charge in [-0.3, -0.25) is 19.7 Å². The van der Waals surface area contributed by atoms with Gasteiger partial charge in [0, 0.05) is 36.5 Å². The maximum absolute atomic E-state index is 11.5. The van der Waals surface area contributed by atoms with E-state index in [0.717, 1.165) is 31.5 Å². The number of nitrogens with zero attached hydrogens (tertiary/aromatic N) is 2. The molecule has 0 bridgehead atoms. The normalized spacial score (nSPS) is 15.5. The fourth-order valence-electron chi connectivity index (χ4n) is 3.75. The van der Waals surface area contributed by atoms with E-state index in [4.69, 9.17) is 32.7 Å². The Bertz CT molecular complexity index is 999. The molecule has 1 atom stereocenters. The summed E-state index contributed by atoms with van der Waals surface area (Å²) in [4.78, 5) is 35.5. The second-order valence-electron chi connectivity index (χ2n) is 7.65. The number of rotatable bonds is 12. The number of non-ortho nitro benzene ring substituents is 1. The maximum Gasteiger partial charge on any atom is 0.269 e. The molecule has 0 aliphatic carbocycles. The lowest BCUT2D eigenvalue weighted by Crippen LogP contribution is -2.33. The molecule has 0 saturated carbocycles. The van der Waals surface area contributed by atoms with Crippen LogP contribution in [0.15, 0.2) is 42.5 Å². The average Bonchev–Trinajstić information content (AvgIpc) is 3.26. The van der Waals surface area contributed by atoms with Gasteiger partial charge in [0.1, 0.15) is 5.75 Å². The summed E-state index contributed by atoms with van der Waals surface area (Å²) in [6.07, 6.45) is 3.49. The number of halogens is 2. The summed E-state index contributed by atoms with van der Waals surface area (Å²) >= 11 is 11.1. The zero-order chi connectivity index (χ0) is 23.8. The van der Waals surface area contributed by atoms with E-state index in [0.29, 0.717) is 26.2 Å². The Labute approximate surface area is 201 Å². The average molecular weight is 495 g/mol. The lowest BCUT2D eigenvalue weighted by atomic mass is 10.1. The number of ether oxygens (including phenoxy) is 2. The van der Waals surface area contributed by atoms with Crippen molar-refractivity contribution >= 4 is 45.1 Å². The Morgan fingerprint density at radius 2 is 1.79 bits per heavy atom. The second kappa shape index (κ2) is 12.0. The molecule has 1 saturated heterocycles. The van der Waals surface area contributed by atoms with Crippen LogP contribution < -0.4 is 9.64 Å². The van der Waals surface area contributed by atoms with E-state index in [2.05, 4.69) is 4.90 Å². The lowest BCUT2D eigenvalue weighted by molar-refractivity contribution is -0.384. The Kier molecular flexibility index (Phi) is 9.05. The number of hydrogen-bond acceptors (Lipinski definition) is 7. The standard InChI is InChI=1S/C23H24Cl2N2O6/c24-22(28)16-5-10-20(23(25)29)21(14-16)33-13-2-1-12-32-15-19-4-3-11-26(19)17-6-8-18(9-7-17)27(30)31/h5-10,14,19H,1-4,11-13,15H2. The molecular weight excluding hydrogens is 471 g/mol. The van der Waals surface area contributed by atoms with Gasteiger partial charge in [-0.15, -0.1) is 0 Å². The highest BCUT2D eigenvalue weighted by atomic mass is 35.5. The molecule has 1 unspecified atom stereocenters. The van der Waals surface area contributed by atoms with Crippen molar-refractivity contribution in [3.05, 3.63) is 63.7 Å². The number of unbranched alkanes of at least 4 members (excludes halogenated alkanes) is 1. The summed E-state index contributed by atoms with van der Waals surface area (Å²) in [5, 5.41) is 9.53. The van der Waals surface area contributed by atoms with E-state index in [1.807, 2.05) is 0 Å². The highest BCUT2D eigenvalue weighted by molar-refractivity contribution is 6.68. The molecule has 1 heterocycles. The van der Waals surface area contributed by atoms with Crippen LogP contribution in [0.1, 0.15) is 46.4 Å². The van der Waals surface area contributed by atoms with Crippen LogP contribution in [0.4, 0.5) is 11.4 Å². The molecule has 2 aromatic rings. The van der Waals surface area contributed by atoms with Crippen LogP contribution in [0.2, 0.25) is 0 Å². The van der Waals surface area contributed by atoms with Gasteiger partial charge in [0.05, 0.1) is 29.7 Å². The third kappa shape index (κ3) is 6.90. The van der Waals surface area contributed by atoms with Crippen molar-refractivity contribution in [2.75, 3.05) is 31.3 Å². The minimum Gasteiger partial charge on any atom is -0.493 e. The number of hydrogen-bond donors (Lipinski definition) is 0. The smallest absolute Gasteiger partial charge is 0.269 e. The zero-order valence-corrected chi connectivity index (χ0v) is 19.4. The van der Waals surface area contributed by atoms with Gasteiger partial charge in [0.15, 0.2) is 0 Å². The van der Waals surface area contributed by atoms with Crippen molar-refractivity contribution in [2.45, 2.75) is 31.7 Å². The summed E-state index contributed by atoms with van der Waals surface area (Å²) in [6.45, 7) is 2.35. The number of anilines is 1. The molecule has 1 aliphatic rings. The minimum atomic E-state index is -0.670. The van der Waals surface area contributed by atoms with Gasteiger partial charge in [-0.25, -0.2) is 0 Å². The van der Waals surface area contributed by atoms with E-state index in [-0.39, 0.29) is 28.6 Å². The van der Waals surface area contributed by atoms with Gasteiger partial charge in [0.2, 0.25) is 0 Å². The van der Waals surface area contributed by atoms with Gasteiger partial charge in [-0.1, -0.05) is 0 Å². The van der Waals surface area contributed by atoms with Gasteiger partial charge >= 0.3 is 0 Å². The molecule has 0 radical (unpaired) electrons. The predicted octanol–water partition coefficient (Wildman–Crippen LogP) is 5.20. The zero-order valence-electron chi connectivity index (χ0n) is 17.9. The Balaban J connectivity index is 1.40. The molecule has 176 valence electrons. The maximum atomic E-state index is 11.5. The summed E-state index contributed by atoms with van der Waals surface area (Å²) in [7, 11) is 0. The SMILES string of the molecule is O=C(Cl)c1ccc(C(=O)Cl)c(OCCCCOCC2CCCN2c2ccc([N+](=O)[O-])cc2)c1. The summed E-state index contributed by atoms with van der Waals surface area (Å²) in [5.41, 5.74) is 1.45. The predicted molar refractivity (Wildman–Crippen MR) is 126 cm³/mol. The van der Waals surface area contributed by atoms with Gasteiger partial charge in [-0.2, -0.15) is 0 Å². The number of nitro benzene ring substituents is 1. The van der Waals surface area contributed by atoms with Gasteiger partial charge in [-0.05, 0) is 79.2 Å². The highest BCUT2D eigenvalue weighted by Gasteiger charge is 2.25. The van der Waals surface area contributed by atoms with Gasteiger partial charge < -0.3 is 14.4 Å². The summed E-state index contributed by atoms with van der Waals surface area (Å²) < 4.78 is 11.5. The quantitative estimate of drug-likeness (QED) is 0.173. The molecule has 0 N–H and O–H groups in total. The number of carbonyl (C=O) groups is 2. The van der Waals surface area contributed by atoms with Crippen molar-refractivity contribution in [1.29, 1.82) is 0 Å². The second-order valence-corrected chi connectivity index (χ2v) is 8.34. The fourth-order valence-corrected chi connectivity index (χ4v) is 4.02. The third-order valence-electron chi connectivity index (χ3n) is 5.44. The first-order chi connectivity index (χ1) is 15.9. The molecule has 0 spiro atoms. The monoisotopic (exact) mass is 494 g/mol. The largest absolute Gasteiger partial charge is 0.493 e. The molecule has 1 fully saturated rings. The molecule has 33 heavy (non-hydrogen) atoms. The van der Waals surface area contributed by atoms with Crippen LogP contribution in [0.3, 0.4) is 0 Å².